The summed E-state index contributed by atoms with van der Waals surface area (Å²) in [6, 6.07) is 6.10. The van der Waals surface area contributed by atoms with Crippen LogP contribution in [-0.4, -0.2) is 18.1 Å². The lowest BCUT2D eigenvalue weighted by atomic mass is 10.1. The van der Waals surface area contributed by atoms with Gasteiger partial charge < -0.3 is 10.1 Å². The Hall–Kier alpha value is -1.51. The second-order valence-corrected chi connectivity index (χ2v) is 5.08. The number of hydrogen-bond donors (Lipinski definition) is 1. The van der Waals surface area contributed by atoms with Gasteiger partial charge in [0.1, 0.15) is 5.75 Å². The van der Waals surface area contributed by atoms with E-state index in [-0.39, 0.29) is 11.9 Å². The van der Waals surface area contributed by atoms with Gasteiger partial charge in [0.25, 0.3) is 5.91 Å². The quantitative estimate of drug-likeness (QED) is 0.854. The summed E-state index contributed by atoms with van der Waals surface area (Å²) in [5.74, 6) is 0.726. The summed E-state index contributed by atoms with van der Waals surface area (Å²) >= 11 is 0. The van der Waals surface area contributed by atoms with Gasteiger partial charge in [0.15, 0.2) is 6.10 Å². The smallest absolute Gasteiger partial charge is 0.261 e. The number of rotatable bonds is 6. The van der Waals surface area contributed by atoms with E-state index < -0.39 is 6.10 Å². The summed E-state index contributed by atoms with van der Waals surface area (Å²) < 4.78 is 5.79. The van der Waals surface area contributed by atoms with Crippen LogP contribution in [0.25, 0.3) is 0 Å². The summed E-state index contributed by atoms with van der Waals surface area (Å²) in [6.07, 6.45) is 1.16. The Morgan fingerprint density at radius 1 is 1.21 bits per heavy atom. The number of carbonyl (C=O) groups excluding carboxylic acids is 1. The number of carbonyl (C=O) groups is 1. The lowest BCUT2D eigenvalue weighted by molar-refractivity contribution is -0.128. The molecule has 0 aliphatic rings. The van der Waals surface area contributed by atoms with E-state index >= 15 is 0 Å². The first-order chi connectivity index (χ1) is 8.97. The zero-order valence-electron chi connectivity index (χ0n) is 12.6. The fourth-order valence-corrected chi connectivity index (χ4v) is 1.71. The molecule has 0 heterocycles. The van der Waals surface area contributed by atoms with Crippen molar-refractivity contribution in [1.82, 2.24) is 5.32 Å². The number of aryl methyl sites for hydroxylation is 2. The molecule has 3 nitrogen and oxygen atoms in total. The Labute approximate surface area is 116 Å². The number of hydrogen-bond acceptors (Lipinski definition) is 2. The first-order valence-electron chi connectivity index (χ1n) is 7.02. The monoisotopic (exact) mass is 263 g/mol. The predicted molar refractivity (Wildman–Crippen MR) is 78.5 cm³/mol. The van der Waals surface area contributed by atoms with Crippen molar-refractivity contribution in [2.45, 2.75) is 59.6 Å². The predicted octanol–water partition coefficient (Wildman–Crippen LogP) is 3.38. The lowest BCUT2D eigenvalue weighted by Gasteiger charge is -2.20. The summed E-state index contributed by atoms with van der Waals surface area (Å²) in [5.41, 5.74) is 2.40. The Bertz CT molecular complexity index is 429. The van der Waals surface area contributed by atoms with Crippen LogP contribution >= 0.6 is 0 Å². The first-order valence-corrected chi connectivity index (χ1v) is 7.02. The van der Waals surface area contributed by atoms with Gasteiger partial charge in [-0.2, -0.15) is 0 Å². The number of ether oxygens (including phenoxy) is 1. The molecular formula is C16H25NO2. The zero-order valence-corrected chi connectivity index (χ0v) is 12.6. The normalized spacial score (nSPS) is 13.7. The van der Waals surface area contributed by atoms with Gasteiger partial charge in [-0.05, 0) is 56.9 Å². The van der Waals surface area contributed by atoms with Crippen molar-refractivity contribution in [3.63, 3.8) is 0 Å². The molecule has 19 heavy (non-hydrogen) atoms. The van der Waals surface area contributed by atoms with Crippen molar-refractivity contribution in [2.75, 3.05) is 0 Å². The van der Waals surface area contributed by atoms with Gasteiger partial charge in [-0.1, -0.05) is 19.9 Å². The average Bonchev–Trinajstić information content (AvgIpc) is 2.39. The van der Waals surface area contributed by atoms with Gasteiger partial charge in [0.2, 0.25) is 0 Å². The van der Waals surface area contributed by atoms with E-state index in [4.69, 9.17) is 4.74 Å². The van der Waals surface area contributed by atoms with E-state index in [1.54, 1.807) is 0 Å². The molecule has 0 fully saturated rings. The largest absolute Gasteiger partial charge is 0.481 e. The van der Waals surface area contributed by atoms with E-state index in [9.17, 15) is 4.79 Å². The standard InChI is InChI=1S/C16H25NO2/c1-6-13(5)17-16(18)15(7-2)19-14-9-8-11(3)12(4)10-14/h8-10,13,15H,6-7H2,1-5H3,(H,17,18). The minimum Gasteiger partial charge on any atom is -0.481 e. The fourth-order valence-electron chi connectivity index (χ4n) is 1.71. The van der Waals surface area contributed by atoms with Crippen molar-refractivity contribution < 1.29 is 9.53 Å². The van der Waals surface area contributed by atoms with Gasteiger partial charge in [-0.25, -0.2) is 0 Å². The molecule has 0 bridgehead atoms. The molecule has 0 spiro atoms. The van der Waals surface area contributed by atoms with Crippen molar-refractivity contribution in [3.05, 3.63) is 29.3 Å². The molecule has 0 saturated heterocycles. The minimum atomic E-state index is -0.420. The molecule has 0 radical (unpaired) electrons. The maximum Gasteiger partial charge on any atom is 0.261 e. The Morgan fingerprint density at radius 3 is 2.42 bits per heavy atom. The molecule has 2 atom stereocenters. The van der Waals surface area contributed by atoms with Crippen LogP contribution in [0, 0.1) is 13.8 Å². The van der Waals surface area contributed by atoms with Crippen LogP contribution in [-0.2, 0) is 4.79 Å². The van der Waals surface area contributed by atoms with E-state index in [2.05, 4.69) is 19.2 Å². The maximum atomic E-state index is 12.1. The summed E-state index contributed by atoms with van der Waals surface area (Å²) in [7, 11) is 0. The molecule has 0 aliphatic heterocycles. The number of amides is 1. The van der Waals surface area contributed by atoms with Crippen LogP contribution in [0.3, 0.4) is 0 Å². The lowest BCUT2D eigenvalue weighted by Crippen LogP contribution is -2.42. The molecule has 0 aliphatic carbocycles. The van der Waals surface area contributed by atoms with Gasteiger partial charge in [0, 0.05) is 6.04 Å². The highest BCUT2D eigenvalue weighted by atomic mass is 16.5. The Kier molecular flexibility index (Phi) is 5.87. The second-order valence-electron chi connectivity index (χ2n) is 5.08. The number of nitrogens with one attached hydrogen (secondary N) is 1. The minimum absolute atomic E-state index is 0.0323. The van der Waals surface area contributed by atoms with Crippen LogP contribution < -0.4 is 10.1 Å². The van der Waals surface area contributed by atoms with Crippen molar-refractivity contribution in [3.8, 4) is 5.75 Å². The highest BCUT2D eigenvalue weighted by molar-refractivity contribution is 5.81. The molecule has 1 aromatic carbocycles. The molecule has 1 aromatic rings. The fraction of sp³-hybridized carbons (Fsp3) is 0.562. The van der Waals surface area contributed by atoms with Crippen molar-refractivity contribution in [2.24, 2.45) is 0 Å². The van der Waals surface area contributed by atoms with E-state index in [1.165, 1.54) is 11.1 Å². The maximum absolute atomic E-state index is 12.1. The highest BCUT2D eigenvalue weighted by Gasteiger charge is 2.19. The molecular weight excluding hydrogens is 238 g/mol. The first kappa shape index (κ1) is 15.5. The molecule has 0 saturated carbocycles. The summed E-state index contributed by atoms with van der Waals surface area (Å²) in [6.45, 7) is 10.1. The van der Waals surface area contributed by atoms with Gasteiger partial charge >= 0.3 is 0 Å². The molecule has 1 amide bonds. The van der Waals surface area contributed by atoms with E-state index in [0.29, 0.717) is 6.42 Å². The van der Waals surface area contributed by atoms with Crippen LogP contribution in [0.4, 0.5) is 0 Å². The van der Waals surface area contributed by atoms with Gasteiger partial charge in [-0.15, -0.1) is 0 Å². The molecule has 2 unspecified atom stereocenters. The molecule has 106 valence electrons. The van der Waals surface area contributed by atoms with E-state index in [1.807, 2.05) is 39.0 Å². The number of benzene rings is 1. The molecule has 3 heteroatoms. The van der Waals surface area contributed by atoms with Gasteiger partial charge in [-0.3, -0.25) is 4.79 Å². The van der Waals surface area contributed by atoms with Crippen LogP contribution in [0.15, 0.2) is 18.2 Å². The third-order valence-corrected chi connectivity index (χ3v) is 3.42. The summed E-state index contributed by atoms with van der Waals surface area (Å²) in [5, 5.41) is 2.96. The second kappa shape index (κ2) is 7.17. The molecule has 1 rings (SSSR count). The third kappa shape index (κ3) is 4.58. The third-order valence-electron chi connectivity index (χ3n) is 3.42. The average molecular weight is 263 g/mol. The van der Waals surface area contributed by atoms with Crippen LogP contribution in [0.1, 0.15) is 44.7 Å². The summed E-state index contributed by atoms with van der Waals surface area (Å²) in [4.78, 5) is 12.1. The van der Waals surface area contributed by atoms with Crippen molar-refractivity contribution >= 4 is 5.91 Å². The zero-order chi connectivity index (χ0) is 14.4. The van der Waals surface area contributed by atoms with Crippen LogP contribution in [0.5, 0.6) is 5.75 Å². The van der Waals surface area contributed by atoms with Crippen molar-refractivity contribution in [1.29, 1.82) is 0 Å². The van der Waals surface area contributed by atoms with E-state index in [0.717, 1.165) is 12.2 Å². The van der Waals surface area contributed by atoms with Crippen LogP contribution in [0.2, 0.25) is 0 Å². The highest BCUT2D eigenvalue weighted by Crippen LogP contribution is 2.18. The molecule has 1 N–H and O–H groups in total. The SMILES string of the molecule is CCC(C)NC(=O)C(CC)Oc1ccc(C)c(C)c1. The Morgan fingerprint density at radius 2 is 1.89 bits per heavy atom. The van der Waals surface area contributed by atoms with Gasteiger partial charge in [0.05, 0.1) is 0 Å². The topological polar surface area (TPSA) is 38.3 Å². The Balaban J connectivity index is 2.70. The molecule has 0 aromatic heterocycles.